The van der Waals surface area contributed by atoms with Crippen molar-refractivity contribution in [2.24, 2.45) is 5.92 Å². The Bertz CT molecular complexity index is 682. The third kappa shape index (κ3) is 3.25. The lowest BCUT2D eigenvalue weighted by Crippen LogP contribution is -2.33. The third-order valence-corrected chi connectivity index (χ3v) is 4.47. The third-order valence-electron chi connectivity index (χ3n) is 4.25. The van der Waals surface area contributed by atoms with Gasteiger partial charge < -0.3 is 14.6 Å². The maximum atomic E-state index is 12.2. The molecule has 2 aromatic rings. The number of carbonyl (C=O) groups excluding carboxylic acids is 1. The zero-order valence-corrected chi connectivity index (χ0v) is 13.7. The van der Waals surface area contributed by atoms with Crippen LogP contribution in [0.3, 0.4) is 0 Å². The molecule has 3 heterocycles. The highest BCUT2D eigenvalue weighted by atomic mass is 35.5. The van der Waals surface area contributed by atoms with Crippen molar-refractivity contribution >= 4 is 23.2 Å². The SMILES string of the molecule is CC(C)N1CCC(CNC(=O)c2cn3cc(Cl)ccc3n2)C1. The van der Waals surface area contributed by atoms with Gasteiger partial charge in [-0.3, -0.25) is 4.79 Å². The van der Waals surface area contributed by atoms with E-state index >= 15 is 0 Å². The van der Waals surface area contributed by atoms with Crippen LogP contribution in [0.4, 0.5) is 0 Å². The maximum Gasteiger partial charge on any atom is 0.271 e. The fourth-order valence-corrected chi connectivity index (χ4v) is 3.07. The molecule has 1 N–H and O–H groups in total. The highest BCUT2D eigenvalue weighted by Crippen LogP contribution is 2.18. The predicted molar refractivity (Wildman–Crippen MR) is 87.4 cm³/mol. The van der Waals surface area contributed by atoms with Gasteiger partial charge in [0.1, 0.15) is 11.3 Å². The van der Waals surface area contributed by atoms with Gasteiger partial charge in [0, 0.05) is 31.5 Å². The first kappa shape index (κ1) is 15.3. The van der Waals surface area contributed by atoms with Crippen LogP contribution in [0.1, 0.15) is 30.8 Å². The molecule has 0 bridgehead atoms. The van der Waals surface area contributed by atoms with Crippen LogP contribution in [0.25, 0.3) is 5.65 Å². The fraction of sp³-hybridized carbons (Fsp3) is 0.500. The number of nitrogens with zero attached hydrogens (tertiary/aromatic N) is 3. The smallest absolute Gasteiger partial charge is 0.271 e. The van der Waals surface area contributed by atoms with Crippen molar-refractivity contribution in [1.82, 2.24) is 19.6 Å². The van der Waals surface area contributed by atoms with E-state index in [1.54, 1.807) is 28.9 Å². The summed E-state index contributed by atoms with van der Waals surface area (Å²) in [6.45, 7) is 7.30. The van der Waals surface area contributed by atoms with Crippen molar-refractivity contribution in [2.45, 2.75) is 26.3 Å². The minimum atomic E-state index is -0.122. The lowest BCUT2D eigenvalue weighted by atomic mass is 10.1. The molecule has 1 amide bonds. The van der Waals surface area contributed by atoms with Gasteiger partial charge in [0.2, 0.25) is 0 Å². The Morgan fingerprint density at radius 1 is 1.45 bits per heavy atom. The predicted octanol–water partition coefficient (Wildman–Crippen LogP) is 2.45. The topological polar surface area (TPSA) is 49.6 Å². The van der Waals surface area contributed by atoms with Gasteiger partial charge in [0.05, 0.1) is 5.02 Å². The van der Waals surface area contributed by atoms with Gasteiger partial charge in [-0.2, -0.15) is 0 Å². The van der Waals surface area contributed by atoms with Crippen LogP contribution in [-0.2, 0) is 0 Å². The number of carbonyl (C=O) groups is 1. The van der Waals surface area contributed by atoms with E-state index in [1.807, 2.05) is 0 Å². The number of hydrogen-bond donors (Lipinski definition) is 1. The number of amides is 1. The summed E-state index contributed by atoms with van der Waals surface area (Å²) in [6, 6.07) is 4.14. The van der Waals surface area contributed by atoms with E-state index in [2.05, 4.69) is 29.0 Å². The van der Waals surface area contributed by atoms with E-state index in [0.29, 0.717) is 29.2 Å². The molecule has 1 atom stereocenters. The maximum absolute atomic E-state index is 12.2. The van der Waals surface area contributed by atoms with Crippen LogP contribution >= 0.6 is 11.6 Å². The van der Waals surface area contributed by atoms with Crippen molar-refractivity contribution in [1.29, 1.82) is 0 Å². The second-order valence-corrected chi connectivity index (χ2v) is 6.63. The van der Waals surface area contributed by atoms with Crippen molar-refractivity contribution < 1.29 is 4.79 Å². The molecule has 6 heteroatoms. The zero-order chi connectivity index (χ0) is 15.7. The van der Waals surface area contributed by atoms with Gasteiger partial charge in [-0.05, 0) is 44.9 Å². The zero-order valence-electron chi connectivity index (χ0n) is 12.9. The molecule has 0 aromatic carbocycles. The average molecular weight is 321 g/mol. The van der Waals surface area contributed by atoms with E-state index in [4.69, 9.17) is 11.6 Å². The molecular formula is C16H21ClN4O. The minimum absolute atomic E-state index is 0.122. The van der Waals surface area contributed by atoms with Crippen LogP contribution in [0.2, 0.25) is 5.02 Å². The largest absolute Gasteiger partial charge is 0.350 e. The second-order valence-electron chi connectivity index (χ2n) is 6.19. The second kappa shape index (κ2) is 6.26. The Morgan fingerprint density at radius 2 is 2.27 bits per heavy atom. The lowest BCUT2D eigenvalue weighted by Gasteiger charge is -2.20. The first-order valence-corrected chi connectivity index (χ1v) is 8.07. The number of nitrogens with one attached hydrogen (secondary N) is 1. The lowest BCUT2D eigenvalue weighted by molar-refractivity contribution is 0.0942. The van der Waals surface area contributed by atoms with Crippen LogP contribution in [-0.4, -0.2) is 45.9 Å². The highest BCUT2D eigenvalue weighted by molar-refractivity contribution is 6.30. The summed E-state index contributed by atoms with van der Waals surface area (Å²) >= 11 is 5.94. The van der Waals surface area contributed by atoms with Crippen LogP contribution < -0.4 is 5.32 Å². The molecule has 0 aliphatic carbocycles. The fourth-order valence-electron chi connectivity index (χ4n) is 2.90. The van der Waals surface area contributed by atoms with Crippen molar-refractivity contribution in [3.63, 3.8) is 0 Å². The molecule has 0 radical (unpaired) electrons. The van der Waals surface area contributed by atoms with E-state index in [1.165, 1.54) is 0 Å². The number of imidazole rings is 1. The number of fused-ring (bicyclic) bond motifs is 1. The molecule has 1 aliphatic rings. The van der Waals surface area contributed by atoms with E-state index in [-0.39, 0.29) is 5.91 Å². The van der Waals surface area contributed by atoms with Crippen molar-refractivity contribution in [3.8, 4) is 0 Å². The van der Waals surface area contributed by atoms with Gasteiger partial charge in [0.15, 0.2) is 0 Å². The Balaban J connectivity index is 1.59. The molecule has 1 fully saturated rings. The minimum Gasteiger partial charge on any atom is -0.350 e. The molecule has 3 rings (SSSR count). The molecular weight excluding hydrogens is 300 g/mol. The Hall–Kier alpha value is -1.59. The average Bonchev–Trinajstić information content (AvgIpc) is 3.10. The van der Waals surface area contributed by atoms with Crippen LogP contribution in [0.15, 0.2) is 24.5 Å². The normalized spacial score (nSPS) is 19.2. The molecule has 0 saturated carbocycles. The van der Waals surface area contributed by atoms with E-state index in [0.717, 1.165) is 25.2 Å². The highest BCUT2D eigenvalue weighted by Gasteiger charge is 2.24. The number of aromatic nitrogens is 2. The first-order chi connectivity index (χ1) is 10.5. The molecule has 22 heavy (non-hydrogen) atoms. The van der Waals surface area contributed by atoms with E-state index < -0.39 is 0 Å². The van der Waals surface area contributed by atoms with Gasteiger partial charge in [-0.1, -0.05) is 11.6 Å². The van der Waals surface area contributed by atoms with E-state index in [9.17, 15) is 4.79 Å². The molecule has 0 spiro atoms. The number of hydrogen-bond acceptors (Lipinski definition) is 3. The molecule has 1 saturated heterocycles. The van der Waals surface area contributed by atoms with Crippen molar-refractivity contribution in [2.75, 3.05) is 19.6 Å². The molecule has 1 unspecified atom stereocenters. The summed E-state index contributed by atoms with van der Waals surface area (Å²) in [5.74, 6) is 0.403. The Morgan fingerprint density at radius 3 is 3.00 bits per heavy atom. The number of rotatable bonds is 4. The van der Waals surface area contributed by atoms with Crippen LogP contribution in [0.5, 0.6) is 0 Å². The van der Waals surface area contributed by atoms with Gasteiger partial charge in [-0.15, -0.1) is 0 Å². The first-order valence-electron chi connectivity index (χ1n) is 7.69. The molecule has 5 nitrogen and oxygen atoms in total. The number of halogens is 1. The molecule has 1 aliphatic heterocycles. The molecule has 118 valence electrons. The summed E-state index contributed by atoms with van der Waals surface area (Å²) in [6.07, 6.45) is 4.60. The summed E-state index contributed by atoms with van der Waals surface area (Å²) in [5, 5.41) is 3.62. The van der Waals surface area contributed by atoms with Gasteiger partial charge in [-0.25, -0.2) is 4.98 Å². The number of likely N-dealkylation sites (tertiary alicyclic amines) is 1. The summed E-state index contributed by atoms with van der Waals surface area (Å²) < 4.78 is 1.77. The number of pyridine rings is 1. The summed E-state index contributed by atoms with van der Waals surface area (Å²) in [7, 11) is 0. The summed E-state index contributed by atoms with van der Waals surface area (Å²) in [4.78, 5) is 19.0. The quantitative estimate of drug-likeness (QED) is 0.941. The van der Waals surface area contributed by atoms with Gasteiger partial charge in [0.25, 0.3) is 5.91 Å². The van der Waals surface area contributed by atoms with Crippen LogP contribution in [0, 0.1) is 5.92 Å². The Labute approximate surface area is 135 Å². The van der Waals surface area contributed by atoms with Crippen molar-refractivity contribution in [3.05, 3.63) is 35.2 Å². The van der Waals surface area contributed by atoms with Gasteiger partial charge >= 0.3 is 0 Å². The summed E-state index contributed by atoms with van der Waals surface area (Å²) in [5.41, 5.74) is 1.15. The monoisotopic (exact) mass is 320 g/mol. The standard InChI is InChI=1S/C16H21ClN4O/c1-11(2)20-6-5-12(8-20)7-18-16(22)14-10-21-9-13(17)3-4-15(21)19-14/h3-4,9-12H,5-8H2,1-2H3,(H,18,22). The molecule has 2 aromatic heterocycles. The Kier molecular flexibility index (Phi) is 4.36.